The molecule has 0 aliphatic heterocycles. The van der Waals surface area contributed by atoms with Crippen molar-refractivity contribution in [3.8, 4) is 26.9 Å². The smallest absolute Gasteiger partial charge is 0.151 e. The fourth-order valence-electron chi connectivity index (χ4n) is 2.29. The minimum Gasteiger partial charge on any atom is -0.507 e. The topological polar surface area (TPSA) is 61.8 Å². The zero-order chi connectivity index (χ0) is 14.2. The Balaban J connectivity index is 1.78. The number of fused-ring (bicyclic) bond motifs is 1. The van der Waals surface area contributed by atoms with Crippen molar-refractivity contribution in [3.05, 3.63) is 54.7 Å². The molecule has 0 bridgehead atoms. The van der Waals surface area contributed by atoms with E-state index in [-0.39, 0.29) is 5.75 Å². The molecule has 102 valence electrons. The maximum absolute atomic E-state index is 9.89. The predicted molar refractivity (Wildman–Crippen MR) is 84.3 cm³/mol. The van der Waals surface area contributed by atoms with Crippen LogP contribution >= 0.6 is 11.3 Å². The third kappa shape index (κ3) is 2.08. The van der Waals surface area contributed by atoms with Crippen molar-refractivity contribution < 1.29 is 5.11 Å². The Hall–Kier alpha value is -2.66. The molecule has 0 saturated carbocycles. The molecule has 2 N–H and O–H groups in total. The van der Waals surface area contributed by atoms with Crippen LogP contribution in [-0.4, -0.2) is 20.3 Å². The van der Waals surface area contributed by atoms with Gasteiger partial charge in [0.05, 0.1) is 5.56 Å². The lowest BCUT2D eigenvalue weighted by Gasteiger charge is -1.98. The van der Waals surface area contributed by atoms with Gasteiger partial charge in [-0.2, -0.15) is 0 Å². The van der Waals surface area contributed by atoms with Gasteiger partial charge in [-0.3, -0.25) is 0 Å². The SMILES string of the molecule is Oc1ccccc1-c1nnc(-c2ccc3[nH]ccc3c2)s1. The number of rotatable bonds is 2. The lowest BCUT2D eigenvalue weighted by Crippen LogP contribution is -1.78. The van der Waals surface area contributed by atoms with Gasteiger partial charge < -0.3 is 10.1 Å². The van der Waals surface area contributed by atoms with Gasteiger partial charge in [-0.25, -0.2) is 0 Å². The Morgan fingerprint density at radius 2 is 1.81 bits per heavy atom. The normalized spacial score (nSPS) is 11.0. The van der Waals surface area contributed by atoms with E-state index < -0.39 is 0 Å². The molecule has 0 saturated heterocycles. The van der Waals surface area contributed by atoms with Gasteiger partial charge in [0.2, 0.25) is 0 Å². The van der Waals surface area contributed by atoms with Gasteiger partial charge in [-0.05, 0) is 36.4 Å². The highest BCUT2D eigenvalue weighted by Gasteiger charge is 2.11. The van der Waals surface area contributed by atoms with Crippen molar-refractivity contribution in [3.63, 3.8) is 0 Å². The predicted octanol–water partition coefficient (Wildman–Crippen LogP) is 4.06. The van der Waals surface area contributed by atoms with Crippen molar-refractivity contribution in [2.24, 2.45) is 0 Å². The summed E-state index contributed by atoms with van der Waals surface area (Å²) in [6.45, 7) is 0. The lowest BCUT2D eigenvalue weighted by atomic mass is 10.2. The largest absolute Gasteiger partial charge is 0.507 e. The van der Waals surface area contributed by atoms with Gasteiger partial charge in [0.25, 0.3) is 0 Å². The van der Waals surface area contributed by atoms with Crippen LogP contribution in [0, 0.1) is 0 Å². The van der Waals surface area contributed by atoms with Gasteiger partial charge in [0, 0.05) is 22.7 Å². The van der Waals surface area contributed by atoms with Crippen LogP contribution in [0.1, 0.15) is 0 Å². The molecule has 4 rings (SSSR count). The molecule has 2 aromatic heterocycles. The summed E-state index contributed by atoms with van der Waals surface area (Å²) in [6, 6.07) is 15.3. The molecule has 0 aliphatic rings. The highest BCUT2D eigenvalue weighted by Crippen LogP contribution is 2.34. The van der Waals surface area contributed by atoms with E-state index in [1.165, 1.54) is 11.3 Å². The summed E-state index contributed by atoms with van der Waals surface area (Å²) in [7, 11) is 0. The number of hydrogen-bond acceptors (Lipinski definition) is 4. The number of aromatic hydroxyl groups is 1. The Morgan fingerprint density at radius 3 is 2.71 bits per heavy atom. The second-order valence-electron chi connectivity index (χ2n) is 4.71. The first kappa shape index (κ1) is 12.1. The second kappa shape index (κ2) is 4.71. The van der Waals surface area contributed by atoms with Crippen LogP contribution in [0.2, 0.25) is 0 Å². The molecule has 0 radical (unpaired) electrons. The quantitative estimate of drug-likeness (QED) is 0.586. The molecule has 0 fully saturated rings. The Labute approximate surface area is 124 Å². The van der Waals surface area contributed by atoms with E-state index in [0.29, 0.717) is 5.56 Å². The molecule has 4 nitrogen and oxygen atoms in total. The van der Waals surface area contributed by atoms with Crippen LogP contribution in [0.5, 0.6) is 5.75 Å². The number of nitrogens with zero attached hydrogens (tertiary/aromatic N) is 2. The van der Waals surface area contributed by atoms with Crippen LogP contribution < -0.4 is 0 Å². The lowest BCUT2D eigenvalue weighted by molar-refractivity contribution is 0.477. The summed E-state index contributed by atoms with van der Waals surface area (Å²) in [5, 5.41) is 21.0. The minimum atomic E-state index is 0.223. The number of nitrogens with one attached hydrogen (secondary N) is 1. The number of phenolic OH excluding ortho intramolecular Hbond substituents is 1. The number of phenols is 1. The average Bonchev–Trinajstić information content (AvgIpc) is 3.16. The molecular weight excluding hydrogens is 282 g/mol. The molecule has 0 atom stereocenters. The van der Waals surface area contributed by atoms with E-state index in [4.69, 9.17) is 0 Å². The van der Waals surface area contributed by atoms with Crippen molar-refractivity contribution >= 4 is 22.2 Å². The first-order chi connectivity index (χ1) is 10.3. The molecule has 0 aliphatic carbocycles. The van der Waals surface area contributed by atoms with E-state index >= 15 is 0 Å². The van der Waals surface area contributed by atoms with Gasteiger partial charge in [0.15, 0.2) is 5.01 Å². The second-order valence-corrected chi connectivity index (χ2v) is 5.69. The molecule has 0 spiro atoms. The molecule has 5 heteroatoms. The van der Waals surface area contributed by atoms with Crippen LogP contribution in [0.15, 0.2) is 54.7 Å². The third-order valence-electron chi connectivity index (χ3n) is 3.36. The van der Waals surface area contributed by atoms with Gasteiger partial charge >= 0.3 is 0 Å². The van der Waals surface area contributed by atoms with Crippen LogP contribution in [-0.2, 0) is 0 Å². The minimum absolute atomic E-state index is 0.223. The number of hydrogen-bond donors (Lipinski definition) is 2. The summed E-state index contributed by atoms with van der Waals surface area (Å²) in [6.07, 6.45) is 1.92. The zero-order valence-corrected chi connectivity index (χ0v) is 11.8. The number of aromatic amines is 1. The molecule has 2 heterocycles. The monoisotopic (exact) mass is 293 g/mol. The standard InChI is InChI=1S/C16H11N3OS/c20-14-4-2-1-3-12(14)16-19-18-15(21-16)11-5-6-13-10(9-11)7-8-17-13/h1-9,17,20H. The highest BCUT2D eigenvalue weighted by atomic mass is 32.1. The van der Waals surface area contributed by atoms with Crippen LogP contribution in [0.4, 0.5) is 0 Å². The van der Waals surface area contributed by atoms with E-state index in [2.05, 4.69) is 21.2 Å². The molecule has 0 unspecified atom stereocenters. The fourth-order valence-corrected chi connectivity index (χ4v) is 3.16. The average molecular weight is 293 g/mol. The van der Waals surface area contributed by atoms with Crippen LogP contribution in [0.3, 0.4) is 0 Å². The maximum atomic E-state index is 9.89. The third-order valence-corrected chi connectivity index (χ3v) is 4.37. The van der Waals surface area contributed by atoms with Crippen molar-refractivity contribution in [1.82, 2.24) is 15.2 Å². The maximum Gasteiger partial charge on any atom is 0.151 e. The number of aromatic nitrogens is 3. The van der Waals surface area contributed by atoms with E-state index in [9.17, 15) is 5.11 Å². The van der Waals surface area contributed by atoms with Gasteiger partial charge in [-0.1, -0.05) is 23.5 Å². The van der Waals surface area contributed by atoms with Crippen molar-refractivity contribution in [2.75, 3.05) is 0 Å². The molecule has 4 aromatic rings. The number of benzene rings is 2. The molecule has 2 aromatic carbocycles. The Morgan fingerprint density at radius 1 is 0.952 bits per heavy atom. The molecule has 21 heavy (non-hydrogen) atoms. The van der Waals surface area contributed by atoms with Gasteiger partial charge in [-0.15, -0.1) is 10.2 Å². The van der Waals surface area contributed by atoms with Crippen molar-refractivity contribution in [1.29, 1.82) is 0 Å². The zero-order valence-electron chi connectivity index (χ0n) is 10.9. The number of para-hydroxylation sites is 1. The Bertz CT molecular complexity index is 926. The molecule has 0 amide bonds. The first-order valence-electron chi connectivity index (χ1n) is 6.51. The Kier molecular flexibility index (Phi) is 2.72. The summed E-state index contributed by atoms with van der Waals surface area (Å²) in [4.78, 5) is 3.17. The van der Waals surface area contributed by atoms with E-state index in [1.54, 1.807) is 12.1 Å². The summed E-state index contributed by atoms with van der Waals surface area (Å²) in [5.41, 5.74) is 2.84. The van der Waals surface area contributed by atoms with E-state index in [0.717, 1.165) is 26.5 Å². The van der Waals surface area contributed by atoms with Crippen LogP contribution in [0.25, 0.3) is 32.0 Å². The summed E-state index contributed by atoms with van der Waals surface area (Å²) < 4.78 is 0. The van der Waals surface area contributed by atoms with Crippen molar-refractivity contribution in [2.45, 2.75) is 0 Å². The summed E-state index contributed by atoms with van der Waals surface area (Å²) in [5.74, 6) is 0.223. The highest BCUT2D eigenvalue weighted by molar-refractivity contribution is 7.18. The molecular formula is C16H11N3OS. The first-order valence-corrected chi connectivity index (χ1v) is 7.32. The van der Waals surface area contributed by atoms with E-state index in [1.807, 2.05) is 36.5 Å². The fraction of sp³-hybridized carbons (Fsp3) is 0. The summed E-state index contributed by atoms with van der Waals surface area (Å²) >= 11 is 1.47. The van der Waals surface area contributed by atoms with Gasteiger partial charge in [0.1, 0.15) is 10.8 Å². The number of H-pyrrole nitrogens is 1.